The first-order valence-corrected chi connectivity index (χ1v) is 6.48. The van der Waals surface area contributed by atoms with Crippen molar-refractivity contribution in [3.63, 3.8) is 0 Å². The predicted molar refractivity (Wildman–Crippen MR) is 65.3 cm³/mol. The van der Waals surface area contributed by atoms with Crippen LogP contribution in [-0.2, 0) is 13.0 Å². The van der Waals surface area contributed by atoms with E-state index in [2.05, 4.69) is 22.0 Å². The first-order chi connectivity index (χ1) is 8.19. The van der Waals surface area contributed by atoms with Crippen LogP contribution >= 0.6 is 0 Å². The summed E-state index contributed by atoms with van der Waals surface area (Å²) in [5.74, 6) is 2.20. The Morgan fingerprint density at radius 2 is 2.18 bits per heavy atom. The van der Waals surface area contributed by atoms with E-state index in [1.165, 1.54) is 12.8 Å². The molecule has 96 valence electrons. The van der Waals surface area contributed by atoms with E-state index in [1.54, 1.807) is 0 Å². The highest BCUT2D eigenvalue weighted by molar-refractivity contribution is 4.87. The molecule has 1 aliphatic rings. The van der Waals surface area contributed by atoms with Crippen molar-refractivity contribution in [3.8, 4) is 0 Å². The highest BCUT2D eigenvalue weighted by atomic mass is 16.5. The summed E-state index contributed by atoms with van der Waals surface area (Å²) >= 11 is 0. The Bertz CT molecular complexity index is 342. The lowest BCUT2D eigenvalue weighted by molar-refractivity contribution is 0.150. The summed E-state index contributed by atoms with van der Waals surface area (Å²) < 4.78 is 5.21. The van der Waals surface area contributed by atoms with Gasteiger partial charge in [0.15, 0.2) is 5.82 Å². The Morgan fingerprint density at radius 1 is 1.47 bits per heavy atom. The van der Waals surface area contributed by atoms with Crippen molar-refractivity contribution >= 4 is 0 Å². The normalized spacial score (nSPS) is 20.6. The Morgan fingerprint density at radius 3 is 2.71 bits per heavy atom. The highest BCUT2D eigenvalue weighted by Crippen LogP contribution is 2.20. The molecule has 1 saturated heterocycles. The van der Waals surface area contributed by atoms with Crippen LogP contribution < -0.4 is 5.73 Å². The van der Waals surface area contributed by atoms with Crippen LogP contribution in [0.5, 0.6) is 0 Å². The average molecular weight is 238 g/mol. The van der Waals surface area contributed by atoms with E-state index in [9.17, 15) is 0 Å². The van der Waals surface area contributed by atoms with E-state index in [0.29, 0.717) is 12.0 Å². The van der Waals surface area contributed by atoms with Gasteiger partial charge in [0.25, 0.3) is 0 Å². The van der Waals surface area contributed by atoms with Gasteiger partial charge in [0.2, 0.25) is 5.89 Å². The van der Waals surface area contributed by atoms with Crippen LogP contribution in [-0.4, -0.2) is 34.2 Å². The largest absolute Gasteiger partial charge is 0.338 e. The van der Waals surface area contributed by atoms with Crippen LogP contribution in [0.2, 0.25) is 0 Å². The second kappa shape index (κ2) is 5.60. The summed E-state index contributed by atoms with van der Waals surface area (Å²) in [6, 6.07) is 0.312. The van der Waals surface area contributed by atoms with E-state index >= 15 is 0 Å². The van der Waals surface area contributed by atoms with Crippen LogP contribution in [0, 0.1) is 5.92 Å². The first kappa shape index (κ1) is 12.5. The number of likely N-dealkylation sites (tertiary alicyclic amines) is 1. The number of hydrogen-bond donors (Lipinski definition) is 1. The van der Waals surface area contributed by atoms with E-state index in [0.717, 1.165) is 37.8 Å². The minimum Gasteiger partial charge on any atom is -0.338 e. The summed E-state index contributed by atoms with van der Waals surface area (Å²) in [7, 11) is 0. The number of nitrogens with zero attached hydrogens (tertiary/aromatic N) is 3. The lowest BCUT2D eigenvalue weighted by Gasteiger charge is -2.32. The number of rotatable bonds is 4. The minimum absolute atomic E-state index is 0.312. The summed E-state index contributed by atoms with van der Waals surface area (Å²) in [5.41, 5.74) is 5.93. The van der Waals surface area contributed by atoms with Gasteiger partial charge in [0.05, 0.1) is 6.54 Å². The van der Waals surface area contributed by atoms with Crippen LogP contribution in [0.1, 0.15) is 38.4 Å². The van der Waals surface area contributed by atoms with Crippen molar-refractivity contribution in [2.45, 2.75) is 45.7 Å². The van der Waals surface area contributed by atoms with Gasteiger partial charge in [-0.25, -0.2) is 0 Å². The molecule has 2 heterocycles. The molecule has 0 amide bonds. The Kier molecular flexibility index (Phi) is 4.12. The summed E-state index contributed by atoms with van der Waals surface area (Å²) in [6.07, 6.45) is 3.18. The summed E-state index contributed by atoms with van der Waals surface area (Å²) in [4.78, 5) is 6.70. The number of hydrogen-bond acceptors (Lipinski definition) is 5. The Balaban J connectivity index is 1.81. The van der Waals surface area contributed by atoms with E-state index in [-0.39, 0.29) is 0 Å². The van der Waals surface area contributed by atoms with Crippen LogP contribution in [0.25, 0.3) is 0 Å². The third-order valence-corrected chi connectivity index (χ3v) is 3.56. The lowest BCUT2D eigenvalue weighted by atomic mass is 9.91. The molecule has 0 saturated carbocycles. The molecule has 1 aromatic rings. The maximum Gasteiger partial charge on any atom is 0.240 e. The number of aromatic nitrogens is 2. The molecule has 1 fully saturated rings. The topological polar surface area (TPSA) is 68.2 Å². The van der Waals surface area contributed by atoms with Crippen molar-refractivity contribution < 1.29 is 4.52 Å². The highest BCUT2D eigenvalue weighted by Gasteiger charge is 2.22. The molecule has 0 aliphatic carbocycles. The molecule has 0 radical (unpaired) electrons. The SMILES string of the molecule is CCc1noc(CN2CCC(C(C)N)CC2)n1. The second-order valence-electron chi connectivity index (χ2n) is 4.93. The standard InChI is InChI=1S/C12H22N4O/c1-3-11-14-12(17-15-11)8-16-6-4-10(5-7-16)9(2)13/h9-10H,3-8,13H2,1-2H3. The van der Waals surface area contributed by atoms with Crippen molar-refractivity contribution in [2.75, 3.05) is 13.1 Å². The van der Waals surface area contributed by atoms with Crippen LogP contribution in [0.4, 0.5) is 0 Å². The zero-order chi connectivity index (χ0) is 12.3. The molecule has 5 nitrogen and oxygen atoms in total. The molecule has 2 rings (SSSR count). The van der Waals surface area contributed by atoms with Gasteiger partial charge in [0, 0.05) is 12.5 Å². The number of aryl methyl sites for hydroxylation is 1. The van der Waals surface area contributed by atoms with Gasteiger partial charge in [-0.05, 0) is 38.8 Å². The molecule has 0 aromatic carbocycles. The molecule has 1 unspecified atom stereocenters. The number of nitrogens with two attached hydrogens (primary N) is 1. The van der Waals surface area contributed by atoms with Crippen molar-refractivity contribution in [1.82, 2.24) is 15.0 Å². The quantitative estimate of drug-likeness (QED) is 0.853. The smallest absolute Gasteiger partial charge is 0.240 e. The summed E-state index contributed by atoms with van der Waals surface area (Å²) in [6.45, 7) is 7.07. The molecule has 5 heteroatoms. The van der Waals surface area contributed by atoms with Crippen LogP contribution in [0.15, 0.2) is 4.52 Å². The Hall–Kier alpha value is -0.940. The minimum atomic E-state index is 0.312. The van der Waals surface area contributed by atoms with Gasteiger partial charge in [-0.2, -0.15) is 4.98 Å². The van der Waals surface area contributed by atoms with Gasteiger partial charge in [0.1, 0.15) is 0 Å². The average Bonchev–Trinajstić information content (AvgIpc) is 2.77. The lowest BCUT2D eigenvalue weighted by Crippen LogP contribution is -2.39. The maximum atomic E-state index is 5.93. The van der Waals surface area contributed by atoms with Crippen molar-refractivity contribution in [2.24, 2.45) is 11.7 Å². The molecule has 2 N–H and O–H groups in total. The zero-order valence-electron chi connectivity index (χ0n) is 10.7. The molecule has 1 aromatic heterocycles. The third-order valence-electron chi connectivity index (χ3n) is 3.56. The van der Waals surface area contributed by atoms with E-state index in [1.807, 2.05) is 6.92 Å². The van der Waals surface area contributed by atoms with Gasteiger partial charge < -0.3 is 10.3 Å². The fourth-order valence-electron chi connectivity index (χ4n) is 2.33. The van der Waals surface area contributed by atoms with Gasteiger partial charge in [-0.3, -0.25) is 4.90 Å². The predicted octanol–water partition coefficient (Wildman–Crippen LogP) is 1.19. The zero-order valence-corrected chi connectivity index (χ0v) is 10.7. The molecule has 1 atom stereocenters. The molecule has 0 spiro atoms. The maximum absolute atomic E-state index is 5.93. The third kappa shape index (κ3) is 3.26. The fraction of sp³-hybridized carbons (Fsp3) is 0.833. The summed E-state index contributed by atoms with van der Waals surface area (Å²) in [5, 5.41) is 3.91. The number of piperidine rings is 1. The van der Waals surface area contributed by atoms with Crippen molar-refractivity contribution in [1.29, 1.82) is 0 Å². The molecule has 0 bridgehead atoms. The molecule has 17 heavy (non-hydrogen) atoms. The first-order valence-electron chi connectivity index (χ1n) is 6.48. The fourth-order valence-corrected chi connectivity index (χ4v) is 2.33. The van der Waals surface area contributed by atoms with E-state index in [4.69, 9.17) is 10.3 Å². The molecule has 1 aliphatic heterocycles. The van der Waals surface area contributed by atoms with Gasteiger partial charge in [-0.15, -0.1) is 0 Å². The van der Waals surface area contributed by atoms with Crippen molar-refractivity contribution in [3.05, 3.63) is 11.7 Å². The molecular formula is C12H22N4O. The van der Waals surface area contributed by atoms with Gasteiger partial charge in [-0.1, -0.05) is 12.1 Å². The molecular weight excluding hydrogens is 216 g/mol. The second-order valence-corrected chi connectivity index (χ2v) is 4.93. The monoisotopic (exact) mass is 238 g/mol. The van der Waals surface area contributed by atoms with Crippen LogP contribution in [0.3, 0.4) is 0 Å². The van der Waals surface area contributed by atoms with Gasteiger partial charge >= 0.3 is 0 Å². The van der Waals surface area contributed by atoms with E-state index < -0.39 is 0 Å². The Labute approximate surface area is 102 Å².